The van der Waals surface area contributed by atoms with Gasteiger partial charge in [-0.25, -0.2) is 4.98 Å². The summed E-state index contributed by atoms with van der Waals surface area (Å²) in [5.41, 5.74) is 0.954. The number of nitrogens with two attached hydrogens (primary N) is 1. The van der Waals surface area contributed by atoms with Crippen LogP contribution in [0, 0.1) is 5.41 Å². The van der Waals surface area contributed by atoms with Crippen LogP contribution in [0.15, 0.2) is 53.2 Å². The highest BCUT2D eigenvalue weighted by Crippen LogP contribution is 2.37. The van der Waals surface area contributed by atoms with Gasteiger partial charge in [-0.2, -0.15) is 18.2 Å². The van der Waals surface area contributed by atoms with Crippen molar-refractivity contribution in [3.63, 3.8) is 0 Å². The number of ether oxygens (including phenoxy) is 2. The molecule has 0 amide bonds. The highest BCUT2D eigenvalue weighted by Gasteiger charge is 2.35. The summed E-state index contributed by atoms with van der Waals surface area (Å²) in [6, 6.07) is 4.16. The van der Waals surface area contributed by atoms with Crippen molar-refractivity contribution in [3.8, 4) is 5.75 Å². The normalized spacial score (nSPS) is 18.9. The zero-order valence-corrected chi connectivity index (χ0v) is 22.4. The van der Waals surface area contributed by atoms with Gasteiger partial charge in [0.1, 0.15) is 16.7 Å². The smallest absolute Gasteiger partial charge is 0.416 e. The van der Waals surface area contributed by atoms with Crippen molar-refractivity contribution in [2.24, 2.45) is 12.0 Å². The minimum atomic E-state index is -4.53. The molecule has 210 valence electrons. The Balaban J connectivity index is 1.42. The van der Waals surface area contributed by atoms with E-state index in [4.69, 9.17) is 26.5 Å². The number of alkyl halides is 3. The molecule has 0 saturated carbocycles. The summed E-state index contributed by atoms with van der Waals surface area (Å²) in [7, 11) is 3.28. The van der Waals surface area contributed by atoms with Gasteiger partial charge in [0.05, 0.1) is 36.5 Å². The molecule has 4 heterocycles. The number of likely N-dealkylation sites (tertiary alicyclic amines) is 1. The minimum absolute atomic E-state index is 0.0316. The van der Waals surface area contributed by atoms with Gasteiger partial charge >= 0.3 is 6.18 Å². The number of rotatable bonds is 8. The Bertz CT molecular complexity index is 1530. The molecule has 2 aromatic heterocycles. The van der Waals surface area contributed by atoms with Gasteiger partial charge in [-0.3, -0.25) is 15.2 Å². The van der Waals surface area contributed by atoms with Crippen LogP contribution in [0.25, 0.3) is 11.2 Å². The fourth-order valence-electron chi connectivity index (χ4n) is 4.65. The number of nitrogens with one attached hydrogen (secondary N) is 2. The molecule has 10 nitrogen and oxygen atoms in total. The third kappa shape index (κ3) is 5.72. The minimum Gasteiger partial charge on any atom is -0.446 e. The van der Waals surface area contributed by atoms with Crippen LogP contribution in [0.1, 0.15) is 17.5 Å². The molecule has 2 aliphatic rings. The average molecular weight is 576 g/mol. The Morgan fingerprint density at radius 1 is 1.35 bits per heavy atom. The van der Waals surface area contributed by atoms with Gasteiger partial charge in [0, 0.05) is 39.5 Å². The summed E-state index contributed by atoms with van der Waals surface area (Å²) in [4.78, 5) is 14.7. The first kappa shape index (κ1) is 27.8. The van der Waals surface area contributed by atoms with E-state index in [0.717, 1.165) is 18.7 Å². The number of pyridine rings is 1. The van der Waals surface area contributed by atoms with E-state index in [0.29, 0.717) is 24.3 Å². The lowest BCUT2D eigenvalue weighted by Crippen LogP contribution is -2.77. The van der Waals surface area contributed by atoms with Crippen LogP contribution in [0.3, 0.4) is 0 Å². The van der Waals surface area contributed by atoms with Crippen molar-refractivity contribution >= 4 is 46.8 Å². The number of imidazole rings is 1. The number of aliphatic imine (C=N–C) groups is 1. The molecule has 2 aliphatic heterocycles. The first-order valence-corrected chi connectivity index (χ1v) is 12.7. The maximum absolute atomic E-state index is 14.0. The number of fused-ring (bicyclic) bond motifs is 1. The highest BCUT2D eigenvalue weighted by atomic mass is 35.5. The molecular weight excluding hydrogens is 549 g/mol. The van der Waals surface area contributed by atoms with Crippen molar-refractivity contribution < 1.29 is 28.0 Å². The van der Waals surface area contributed by atoms with Crippen molar-refractivity contribution in [3.05, 3.63) is 64.4 Å². The standard InChI is InChI=1S/C26H26ClF3N8O2/c1-37-23-22(27)21(40-20(10-31)19-11-32-6-7-33-19)12-34-24(23)36-25(37)35-16-4-3-15(18(9-16)26(28,29)30)13-38-8-5-17(14-38)39-2/h3-4,6-7,9-12,17,31,33H,5,8,13-14H2,1-2H3,(H,34,35,36)/p+1/b20-19+,31-10?/t17-/m0/s1. The second kappa shape index (κ2) is 11.4. The number of allylic oxidation sites excluding steroid dienone is 2. The summed E-state index contributed by atoms with van der Waals surface area (Å²) < 4.78 is 54.9. The number of halogens is 4. The van der Waals surface area contributed by atoms with Crippen LogP contribution in [-0.4, -0.2) is 58.2 Å². The van der Waals surface area contributed by atoms with Gasteiger partial charge in [-0.05, 0) is 24.1 Å². The molecule has 1 atom stereocenters. The summed E-state index contributed by atoms with van der Waals surface area (Å²) in [6.45, 7) is 1.45. The van der Waals surface area contributed by atoms with Crippen LogP contribution in [0.5, 0.6) is 5.75 Å². The number of anilines is 2. The number of nitrogens with zero attached hydrogens (tertiary/aromatic N) is 5. The molecule has 4 N–H and O–H groups in total. The zero-order chi connectivity index (χ0) is 28.4. The van der Waals surface area contributed by atoms with Crippen LogP contribution < -0.4 is 15.4 Å². The third-order valence-electron chi connectivity index (χ3n) is 6.73. The maximum atomic E-state index is 14.0. The molecule has 1 aromatic carbocycles. The Kier molecular flexibility index (Phi) is 7.90. The van der Waals surface area contributed by atoms with E-state index in [1.807, 2.05) is 4.90 Å². The topological polar surface area (TPSA) is 117 Å². The van der Waals surface area contributed by atoms with E-state index in [1.54, 1.807) is 48.7 Å². The number of hydrogen-bond donors (Lipinski definition) is 3. The van der Waals surface area contributed by atoms with E-state index in [-0.39, 0.29) is 52.0 Å². The maximum Gasteiger partial charge on any atom is 0.416 e. The predicted octanol–water partition coefficient (Wildman–Crippen LogP) is 3.96. The van der Waals surface area contributed by atoms with Crippen molar-refractivity contribution in [1.82, 2.24) is 19.4 Å². The lowest BCUT2D eigenvalue weighted by molar-refractivity contribution is -0.528. The summed E-state index contributed by atoms with van der Waals surface area (Å²) in [5, 5.41) is 12.6. The molecule has 1 saturated heterocycles. The second-order valence-corrected chi connectivity index (χ2v) is 9.71. The number of aryl methyl sites for hydroxylation is 1. The molecular formula is C26H27ClF3N8O2+. The lowest BCUT2D eigenvalue weighted by Gasteiger charge is -2.20. The summed E-state index contributed by atoms with van der Waals surface area (Å²) >= 11 is 6.64. The molecule has 0 radical (unpaired) electrons. The van der Waals surface area contributed by atoms with Crippen LogP contribution in [0.2, 0.25) is 5.02 Å². The fraction of sp³-hybridized carbons (Fsp3) is 0.308. The van der Waals surface area contributed by atoms with Gasteiger partial charge in [-0.1, -0.05) is 17.7 Å². The third-order valence-corrected chi connectivity index (χ3v) is 7.10. The van der Waals surface area contributed by atoms with Crippen molar-refractivity contribution in [2.45, 2.75) is 25.2 Å². The number of hydrogen-bond acceptors (Lipinski definition) is 8. The van der Waals surface area contributed by atoms with Gasteiger partial charge in [0.2, 0.25) is 11.7 Å². The van der Waals surface area contributed by atoms with Gasteiger partial charge in [-0.15, -0.1) is 0 Å². The average Bonchev–Trinajstić information content (AvgIpc) is 3.53. The molecule has 14 heteroatoms. The van der Waals surface area contributed by atoms with E-state index >= 15 is 0 Å². The van der Waals surface area contributed by atoms with E-state index < -0.39 is 11.7 Å². The molecule has 0 unspecified atom stereocenters. The van der Waals surface area contributed by atoms with Crippen LogP contribution >= 0.6 is 11.6 Å². The largest absolute Gasteiger partial charge is 0.446 e. The van der Waals surface area contributed by atoms with Gasteiger partial charge in [0.15, 0.2) is 17.1 Å². The second-order valence-electron chi connectivity index (χ2n) is 9.33. The Morgan fingerprint density at radius 2 is 2.17 bits per heavy atom. The zero-order valence-electron chi connectivity index (χ0n) is 21.7. The first-order valence-electron chi connectivity index (χ1n) is 12.4. The SMILES string of the molecule is CO[C@H]1CCN(Cc2ccc(Nc3nc4ncc(O/C(C=N)=C5\C=NC=C[NH2+]5)c(Cl)c4n3C)cc2C(F)(F)F)C1. The molecule has 0 aliphatic carbocycles. The molecule has 0 bridgehead atoms. The summed E-state index contributed by atoms with van der Waals surface area (Å²) in [6.07, 6.45) is 3.57. The quantitative estimate of drug-likeness (QED) is 0.276. The van der Waals surface area contributed by atoms with E-state index in [9.17, 15) is 13.2 Å². The van der Waals surface area contributed by atoms with E-state index in [1.165, 1.54) is 12.3 Å². The molecule has 40 heavy (non-hydrogen) atoms. The summed E-state index contributed by atoms with van der Waals surface area (Å²) in [5.74, 6) is 0.643. The molecule has 0 spiro atoms. The van der Waals surface area contributed by atoms with Crippen LogP contribution in [0.4, 0.5) is 24.8 Å². The monoisotopic (exact) mass is 575 g/mol. The van der Waals surface area contributed by atoms with Crippen molar-refractivity contribution in [2.75, 3.05) is 25.5 Å². The number of methoxy groups -OCH3 is 1. The van der Waals surface area contributed by atoms with E-state index in [2.05, 4.69) is 20.3 Å². The Hall–Kier alpha value is -3.78. The number of quaternary nitrogens is 1. The number of aromatic nitrogens is 3. The fourth-order valence-corrected chi connectivity index (χ4v) is 4.95. The lowest BCUT2D eigenvalue weighted by atomic mass is 10.1. The van der Waals surface area contributed by atoms with Crippen molar-refractivity contribution in [1.29, 1.82) is 5.41 Å². The van der Waals surface area contributed by atoms with Gasteiger partial charge < -0.3 is 24.8 Å². The molecule has 5 rings (SSSR count). The van der Waals surface area contributed by atoms with Crippen LogP contribution in [-0.2, 0) is 24.5 Å². The molecule has 3 aromatic rings. The predicted molar refractivity (Wildman–Crippen MR) is 145 cm³/mol. The van der Waals surface area contributed by atoms with Gasteiger partial charge in [0.25, 0.3) is 0 Å². The molecule has 1 fully saturated rings. The Labute approximate surface area is 232 Å². The first-order chi connectivity index (χ1) is 19.2. The Morgan fingerprint density at radius 3 is 2.85 bits per heavy atom. The number of benzene rings is 1. The highest BCUT2D eigenvalue weighted by molar-refractivity contribution is 6.36.